The zero-order chi connectivity index (χ0) is 21.6. The number of ether oxygens (including phenoxy) is 2. The highest BCUT2D eigenvalue weighted by molar-refractivity contribution is 7.85. The Balaban J connectivity index is 1.96. The van der Waals surface area contributed by atoms with Crippen LogP contribution in [-0.2, 0) is 10.3 Å². The molecule has 30 heavy (non-hydrogen) atoms. The van der Waals surface area contributed by atoms with Crippen molar-refractivity contribution >= 4 is 16.2 Å². The first-order valence-electron chi connectivity index (χ1n) is 9.15. The standard InChI is InChI=1S/C22H21NO6S/c1-3-28-20-15-17(14-19(21(20)27-2)16-10-6-4-7-11-16)22(24)23-30(25,26)29-18-12-8-5-9-13-18/h4-15H,3H2,1-2H3,(H,23,24). The number of hydrogen-bond acceptors (Lipinski definition) is 6. The quantitative estimate of drug-likeness (QED) is 0.588. The van der Waals surface area contributed by atoms with Gasteiger partial charge in [-0.1, -0.05) is 48.5 Å². The van der Waals surface area contributed by atoms with Crippen molar-refractivity contribution in [2.45, 2.75) is 6.92 Å². The first-order chi connectivity index (χ1) is 14.4. The van der Waals surface area contributed by atoms with Gasteiger partial charge in [-0.15, -0.1) is 0 Å². The summed E-state index contributed by atoms with van der Waals surface area (Å²) < 4.78 is 42.5. The normalized spacial score (nSPS) is 10.9. The van der Waals surface area contributed by atoms with Gasteiger partial charge >= 0.3 is 10.3 Å². The summed E-state index contributed by atoms with van der Waals surface area (Å²) in [5, 5.41) is 0. The highest BCUT2D eigenvalue weighted by Gasteiger charge is 2.22. The molecule has 0 unspecified atom stereocenters. The summed E-state index contributed by atoms with van der Waals surface area (Å²) in [6.07, 6.45) is 0. The Morgan fingerprint density at radius 3 is 2.20 bits per heavy atom. The van der Waals surface area contributed by atoms with Crippen LogP contribution in [0.25, 0.3) is 11.1 Å². The van der Waals surface area contributed by atoms with Gasteiger partial charge in [-0.25, -0.2) is 4.72 Å². The van der Waals surface area contributed by atoms with Crippen LogP contribution >= 0.6 is 0 Å². The van der Waals surface area contributed by atoms with Crippen molar-refractivity contribution in [2.75, 3.05) is 13.7 Å². The van der Waals surface area contributed by atoms with Gasteiger partial charge in [0.15, 0.2) is 11.5 Å². The van der Waals surface area contributed by atoms with Gasteiger partial charge in [-0.2, -0.15) is 8.42 Å². The van der Waals surface area contributed by atoms with Crippen LogP contribution in [0.4, 0.5) is 0 Å². The molecule has 0 aliphatic heterocycles. The van der Waals surface area contributed by atoms with Gasteiger partial charge in [0.1, 0.15) is 5.75 Å². The van der Waals surface area contributed by atoms with E-state index in [1.807, 2.05) is 35.1 Å². The molecule has 156 valence electrons. The van der Waals surface area contributed by atoms with E-state index in [4.69, 9.17) is 13.7 Å². The number of methoxy groups -OCH3 is 1. The minimum absolute atomic E-state index is 0.0818. The van der Waals surface area contributed by atoms with Crippen molar-refractivity contribution in [1.82, 2.24) is 4.72 Å². The first kappa shape index (κ1) is 21.2. The molecule has 0 aliphatic carbocycles. The van der Waals surface area contributed by atoms with Crippen molar-refractivity contribution < 1.29 is 26.9 Å². The molecular formula is C22H21NO6S. The molecule has 0 fully saturated rings. The molecule has 1 amide bonds. The Bertz CT molecular complexity index is 1120. The average molecular weight is 427 g/mol. The van der Waals surface area contributed by atoms with Crippen LogP contribution in [0.2, 0.25) is 0 Å². The molecule has 0 saturated carbocycles. The predicted octanol–water partition coefficient (Wildman–Crippen LogP) is 3.81. The van der Waals surface area contributed by atoms with Crippen molar-refractivity contribution in [2.24, 2.45) is 0 Å². The molecule has 0 aromatic heterocycles. The highest BCUT2D eigenvalue weighted by Crippen LogP contribution is 2.39. The molecule has 8 heteroatoms. The zero-order valence-corrected chi connectivity index (χ0v) is 17.3. The maximum atomic E-state index is 12.7. The lowest BCUT2D eigenvalue weighted by atomic mass is 10.0. The summed E-state index contributed by atoms with van der Waals surface area (Å²) in [6.45, 7) is 2.14. The van der Waals surface area contributed by atoms with E-state index in [1.54, 1.807) is 31.2 Å². The largest absolute Gasteiger partial charge is 0.492 e. The molecule has 0 aliphatic rings. The average Bonchev–Trinajstić information content (AvgIpc) is 2.74. The van der Waals surface area contributed by atoms with Gasteiger partial charge in [-0.05, 0) is 36.8 Å². The van der Waals surface area contributed by atoms with E-state index in [-0.39, 0.29) is 11.3 Å². The number of amides is 1. The summed E-state index contributed by atoms with van der Waals surface area (Å²) in [5.74, 6) is 0.00935. The summed E-state index contributed by atoms with van der Waals surface area (Å²) in [6, 6.07) is 20.1. The number of nitrogens with one attached hydrogen (secondary N) is 1. The monoisotopic (exact) mass is 427 g/mol. The first-order valence-corrected chi connectivity index (χ1v) is 10.6. The van der Waals surface area contributed by atoms with Gasteiger partial charge in [0.05, 0.1) is 13.7 Å². The SMILES string of the molecule is CCOc1cc(C(=O)NS(=O)(=O)Oc2ccccc2)cc(-c2ccccc2)c1OC. The maximum absolute atomic E-state index is 12.7. The van der Waals surface area contributed by atoms with Crippen molar-refractivity contribution in [3.8, 4) is 28.4 Å². The molecule has 0 saturated heterocycles. The Labute approximate surface area is 175 Å². The topological polar surface area (TPSA) is 90.9 Å². The third-order valence-corrected chi connectivity index (χ3v) is 4.92. The van der Waals surface area contributed by atoms with Gasteiger partial charge in [0, 0.05) is 11.1 Å². The van der Waals surface area contributed by atoms with Gasteiger partial charge in [0.2, 0.25) is 0 Å². The smallest absolute Gasteiger partial charge is 0.409 e. The fourth-order valence-electron chi connectivity index (χ4n) is 2.83. The minimum atomic E-state index is -4.37. The number of carbonyl (C=O) groups is 1. The fraction of sp³-hybridized carbons (Fsp3) is 0.136. The van der Waals surface area contributed by atoms with Gasteiger partial charge < -0.3 is 13.7 Å². The van der Waals surface area contributed by atoms with Crippen LogP contribution in [0.1, 0.15) is 17.3 Å². The molecule has 3 aromatic rings. The van der Waals surface area contributed by atoms with E-state index in [0.29, 0.717) is 23.7 Å². The number of rotatable bonds is 8. The third-order valence-electron chi connectivity index (χ3n) is 4.07. The third kappa shape index (κ3) is 5.09. The highest BCUT2D eigenvalue weighted by atomic mass is 32.2. The zero-order valence-electron chi connectivity index (χ0n) is 16.5. The van der Waals surface area contributed by atoms with Crippen molar-refractivity contribution in [3.05, 3.63) is 78.4 Å². The summed E-state index contributed by atoms with van der Waals surface area (Å²) in [7, 11) is -2.87. The second-order valence-electron chi connectivity index (χ2n) is 6.14. The number of benzene rings is 3. The number of para-hydroxylation sites is 1. The second kappa shape index (κ2) is 9.32. The van der Waals surface area contributed by atoms with Crippen LogP contribution < -0.4 is 18.4 Å². The minimum Gasteiger partial charge on any atom is -0.492 e. The van der Waals surface area contributed by atoms with E-state index >= 15 is 0 Å². The van der Waals surface area contributed by atoms with Crippen LogP contribution in [0, 0.1) is 0 Å². The molecule has 0 heterocycles. The van der Waals surface area contributed by atoms with Crippen molar-refractivity contribution in [1.29, 1.82) is 0 Å². The fourth-order valence-corrected chi connectivity index (χ4v) is 3.59. The van der Waals surface area contributed by atoms with Gasteiger partial charge in [0.25, 0.3) is 5.91 Å². The Kier molecular flexibility index (Phi) is 6.58. The lowest BCUT2D eigenvalue weighted by Gasteiger charge is -2.16. The molecule has 7 nitrogen and oxygen atoms in total. The van der Waals surface area contributed by atoms with Crippen molar-refractivity contribution in [3.63, 3.8) is 0 Å². The lowest BCUT2D eigenvalue weighted by molar-refractivity contribution is 0.0978. The predicted molar refractivity (Wildman–Crippen MR) is 113 cm³/mol. The molecule has 1 N–H and O–H groups in total. The Hall–Kier alpha value is -3.52. The van der Waals surface area contributed by atoms with E-state index in [9.17, 15) is 13.2 Å². The summed E-state index contributed by atoms with van der Waals surface area (Å²) in [5.41, 5.74) is 1.46. The number of carbonyl (C=O) groups excluding carboxylic acids is 1. The van der Waals surface area contributed by atoms with Crippen LogP contribution in [-0.4, -0.2) is 28.0 Å². The molecule has 0 spiro atoms. The molecule has 3 rings (SSSR count). The number of hydrogen-bond donors (Lipinski definition) is 1. The second-order valence-corrected chi connectivity index (χ2v) is 7.41. The van der Waals surface area contributed by atoms with Crippen LogP contribution in [0.5, 0.6) is 17.2 Å². The maximum Gasteiger partial charge on any atom is 0.409 e. The summed E-state index contributed by atoms with van der Waals surface area (Å²) in [4.78, 5) is 12.7. The molecule has 0 radical (unpaired) electrons. The van der Waals surface area contributed by atoms with Crippen LogP contribution in [0.15, 0.2) is 72.8 Å². The summed E-state index contributed by atoms with van der Waals surface area (Å²) >= 11 is 0. The Morgan fingerprint density at radius 2 is 1.60 bits per heavy atom. The van der Waals surface area contributed by atoms with E-state index in [2.05, 4.69) is 0 Å². The van der Waals surface area contributed by atoms with Crippen LogP contribution in [0.3, 0.4) is 0 Å². The molecule has 0 bridgehead atoms. The van der Waals surface area contributed by atoms with E-state index < -0.39 is 16.2 Å². The lowest BCUT2D eigenvalue weighted by Crippen LogP contribution is -2.34. The van der Waals surface area contributed by atoms with E-state index in [1.165, 1.54) is 25.3 Å². The molecular weight excluding hydrogens is 406 g/mol. The molecule has 3 aromatic carbocycles. The molecule has 0 atom stereocenters. The Morgan fingerprint density at radius 1 is 0.967 bits per heavy atom. The van der Waals surface area contributed by atoms with Gasteiger partial charge in [-0.3, -0.25) is 4.79 Å². The van der Waals surface area contributed by atoms with E-state index in [0.717, 1.165) is 5.56 Å².